The van der Waals surface area contributed by atoms with E-state index in [1.807, 2.05) is 24.3 Å². The van der Waals surface area contributed by atoms with Crippen LogP contribution in [-0.2, 0) is 0 Å². The highest BCUT2D eigenvalue weighted by Crippen LogP contribution is 2.19. The molecule has 138 valence electrons. The van der Waals surface area contributed by atoms with E-state index in [1.165, 1.54) is 24.0 Å². The molecule has 0 radical (unpaired) electrons. The quantitative estimate of drug-likeness (QED) is 0.674. The van der Waals surface area contributed by atoms with E-state index >= 15 is 0 Å². The first kappa shape index (κ1) is 18.4. The molecule has 0 fully saturated rings. The normalized spacial score (nSPS) is 10.7. The van der Waals surface area contributed by atoms with Crippen LogP contribution >= 0.6 is 0 Å². The van der Waals surface area contributed by atoms with Gasteiger partial charge in [0.1, 0.15) is 11.5 Å². The summed E-state index contributed by atoms with van der Waals surface area (Å²) in [5, 5.41) is 5.55. The third-order valence-corrected chi connectivity index (χ3v) is 3.91. The summed E-state index contributed by atoms with van der Waals surface area (Å²) in [6, 6.07) is 11.0. The second-order valence-corrected chi connectivity index (χ2v) is 6.27. The maximum Gasteiger partial charge on any atom is 0.275 e. The maximum atomic E-state index is 13.2. The van der Waals surface area contributed by atoms with Crippen molar-refractivity contribution in [3.8, 4) is 0 Å². The number of rotatable bonds is 5. The lowest BCUT2D eigenvalue weighted by molar-refractivity contribution is 0.102. The van der Waals surface area contributed by atoms with Gasteiger partial charge >= 0.3 is 0 Å². The van der Waals surface area contributed by atoms with Crippen molar-refractivity contribution in [1.29, 1.82) is 0 Å². The number of hydrogen-bond donors (Lipinski definition) is 2. The molecule has 5 nitrogen and oxygen atoms in total. The predicted octanol–water partition coefficient (Wildman–Crippen LogP) is 4.87. The average molecular weight is 368 g/mol. The second-order valence-electron chi connectivity index (χ2n) is 6.27. The maximum absolute atomic E-state index is 13.2. The number of aromatic nitrogens is 2. The minimum atomic E-state index is -0.965. The van der Waals surface area contributed by atoms with E-state index in [0.717, 1.165) is 12.1 Å². The number of carbonyl (C=O) groups excluding carboxylic acids is 1. The Balaban J connectivity index is 1.65. The van der Waals surface area contributed by atoms with Crippen LogP contribution < -0.4 is 10.6 Å². The van der Waals surface area contributed by atoms with Crippen molar-refractivity contribution in [1.82, 2.24) is 9.97 Å². The fourth-order valence-corrected chi connectivity index (χ4v) is 2.38. The van der Waals surface area contributed by atoms with E-state index in [4.69, 9.17) is 0 Å². The van der Waals surface area contributed by atoms with Gasteiger partial charge in [-0.05, 0) is 35.7 Å². The molecule has 2 N–H and O–H groups in total. The van der Waals surface area contributed by atoms with Gasteiger partial charge in [0.25, 0.3) is 5.91 Å². The number of halogens is 2. The van der Waals surface area contributed by atoms with E-state index < -0.39 is 11.6 Å². The average Bonchev–Trinajstić information content (AvgIpc) is 2.66. The molecule has 3 rings (SSSR count). The third-order valence-electron chi connectivity index (χ3n) is 3.91. The Kier molecular flexibility index (Phi) is 5.40. The number of amides is 1. The zero-order valence-corrected chi connectivity index (χ0v) is 14.8. The van der Waals surface area contributed by atoms with Gasteiger partial charge in [-0.25, -0.2) is 18.7 Å². The molecule has 1 heterocycles. The van der Waals surface area contributed by atoms with Gasteiger partial charge < -0.3 is 10.6 Å². The summed E-state index contributed by atoms with van der Waals surface area (Å²) in [4.78, 5) is 20.4. The number of nitrogens with zero attached hydrogens (tertiary/aromatic N) is 2. The van der Waals surface area contributed by atoms with Crippen LogP contribution in [0.15, 0.2) is 54.9 Å². The Labute approximate surface area is 155 Å². The van der Waals surface area contributed by atoms with Gasteiger partial charge in [-0.15, -0.1) is 0 Å². The minimum absolute atomic E-state index is 0.138. The number of anilines is 3. The van der Waals surface area contributed by atoms with Crippen molar-refractivity contribution < 1.29 is 13.6 Å². The summed E-state index contributed by atoms with van der Waals surface area (Å²) < 4.78 is 26.2. The molecule has 1 amide bonds. The molecule has 7 heteroatoms. The molecule has 0 saturated heterocycles. The fraction of sp³-hybridized carbons (Fsp3) is 0.150. The van der Waals surface area contributed by atoms with Crippen LogP contribution in [0.3, 0.4) is 0 Å². The zero-order chi connectivity index (χ0) is 19.4. The second kappa shape index (κ2) is 7.90. The van der Waals surface area contributed by atoms with E-state index in [-0.39, 0.29) is 11.6 Å². The summed E-state index contributed by atoms with van der Waals surface area (Å²) in [6.07, 6.45) is 2.65. The summed E-state index contributed by atoms with van der Waals surface area (Å²) in [7, 11) is 0. The van der Waals surface area contributed by atoms with Crippen molar-refractivity contribution in [3.05, 3.63) is 77.8 Å². The molecule has 1 aromatic heterocycles. The van der Waals surface area contributed by atoms with Crippen LogP contribution in [0, 0.1) is 11.6 Å². The molecular formula is C20H18F2N4O. The highest BCUT2D eigenvalue weighted by molar-refractivity contribution is 6.02. The van der Waals surface area contributed by atoms with Gasteiger partial charge in [0, 0.05) is 17.4 Å². The van der Waals surface area contributed by atoms with Crippen LogP contribution in [0.25, 0.3) is 0 Å². The minimum Gasteiger partial charge on any atom is -0.339 e. The fourth-order valence-electron chi connectivity index (χ4n) is 2.38. The summed E-state index contributed by atoms with van der Waals surface area (Å²) in [5.41, 5.74) is 2.31. The van der Waals surface area contributed by atoms with Crippen molar-refractivity contribution in [2.24, 2.45) is 0 Å². The number of hydrogen-bond acceptors (Lipinski definition) is 4. The molecule has 0 unspecified atom stereocenters. The van der Waals surface area contributed by atoms with E-state index in [2.05, 4.69) is 34.4 Å². The molecular weight excluding hydrogens is 350 g/mol. The number of nitrogens with one attached hydrogen (secondary N) is 2. The first-order valence-corrected chi connectivity index (χ1v) is 8.38. The molecule has 0 aliphatic rings. The molecule has 27 heavy (non-hydrogen) atoms. The first-order valence-electron chi connectivity index (χ1n) is 8.38. The standard InChI is InChI=1S/C20H18F2N4O/c1-12(2)13-3-5-14(6-4-13)26-20(27)18-10-24-19(11-23-18)25-15-7-8-16(21)17(22)9-15/h3-12H,1-2H3,(H,24,25)(H,26,27). The summed E-state index contributed by atoms with van der Waals surface area (Å²) in [6.45, 7) is 4.19. The highest BCUT2D eigenvalue weighted by atomic mass is 19.2. The number of carbonyl (C=O) groups is 1. The molecule has 0 aliphatic carbocycles. The smallest absolute Gasteiger partial charge is 0.275 e. The molecule has 2 aromatic carbocycles. The zero-order valence-electron chi connectivity index (χ0n) is 14.8. The Morgan fingerprint density at radius 2 is 1.63 bits per heavy atom. The number of benzene rings is 2. The summed E-state index contributed by atoms with van der Waals surface area (Å²) >= 11 is 0. The first-order chi connectivity index (χ1) is 12.9. The van der Waals surface area contributed by atoms with Crippen molar-refractivity contribution in [2.75, 3.05) is 10.6 Å². The van der Waals surface area contributed by atoms with Crippen molar-refractivity contribution >= 4 is 23.1 Å². The van der Waals surface area contributed by atoms with Crippen molar-refractivity contribution in [2.45, 2.75) is 19.8 Å². The van der Waals surface area contributed by atoms with Gasteiger partial charge in [-0.3, -0.25) is 4.79 Å². The SMILES string of the molecule is CC(C)c1ccc(NC(=O)c2cnc(Nc3ccc(F)c(F)c3)cn2)cc1. The Morgan fingerprint density at radius 1 is 0.926 bits per heavy atom. The largest absolute Gasteiger partial charge is 0.339 e. The third kappa shape index (κ3) is 4.63. The topological polar surface area (TPSA) is 66.9 Å². The Bertz CT molecular complexity index is 941. The van der Waals surface area contributed by atoms with E-state index in [0.29, 0.717) is 23.1 Å². The Hall–Kier alpha value is -3.35. The highest BCUT2D eigenvalue weighted by Gasteiger charge is 2.10. The van der Waals surface area contributed by atoms with Crippen LogP contribution in [0.1, 0.15) is 35.8 Å². The molecule has 3 aromatic rings. The van der Waals surface area contributed by atoms with Crippen LogP contribution in [0.4, 0.5) is 26.0 Å². The van der Waals surface area contributed by atoms with Gasteiger partial charge in [0.15, 0.2) is 11.6 Å². The molecule has 0 spiro atoms. The molecule has 0 saturated carbocycles. The van der Waals surface area contributed by atoms with Crippen molar-refractivity contribution in [3.63, 3.8) is 0 Å². The van der Waals surface area contributed by atoms with Gasteiger partial charge in [0.05, 0.1) is 12.4 Å². The van der Waals surface area contributed by atoms with Gasteiger partial charge in [-0.2, -0.15) is 0 Å². The monoisotopic (exact) mass is 368 g/mol. The lowest BCUT2D eigenvalue weighted by atomic mass is 10.0. The van der Waals surface area contributed by atoms with E-state index in [9.17, 15) is 13.6 Å². The van der Waals surface area contributed by atoms with Gasteiger partial charge in [0.2, 0.25) is 0 Å². The van der Waals surface area contributed by atoms with Crippen LogP contribution in [-0.4, -0.2) is 15.9 Å². The molecule has 0 atom stereocenters. The summed E-state index contributed by atoms with van der Waals surface area (Å²) in [5.74, 6) is -1.57. The lowest BCUT2D eigenvalue weighted by Gasteiger charge is -2.09. The molecule has 0 bridgehead atoms. The Morgan fingerprint density at radius 3 is 2.22 bits per heavy atom. The lowest BCUT2D eigenvalue weighted by Crippen LogP contribution is -2.14. The van der Waals surface area contributed by atoms with Crippen LogP contribution in [0.5, 0.6) is 0 Å². The molecule has 0 aliphatic heterocycles. The van der Waals surface area contributed by atoms with Crippen LogP contribution in [0.2, 0.25) is 0 Å². The van der Waals surface area contributed by atoms with Gasteiger partial charge in [-0.1, -0.05) is 26.0 Å². The van der Waals surface area contributed by atoms with E-state index in [1.54, 1.807) is 0 Å². The predicted molar refractivity (Wildman–Crippen MR) is 100 cm³/mol.